The Kier molecular flexibility index (Phi) is 9.50. The van der Waals surface area contributed by atoms with Crippen molar-refractivity contribution in [2.24, 2.45) is 10.9 Å². The van der Waals surface area contributed by atoms with Crippen LogP contribution < -0.4 is 5.32 Å². The normalized spacial score (nSPS) is 18.7. The second-order valence-electron chi connectivity index (χ2n) is 6.12. The highest BCUT2D eigenvalue weighted by Crippen LogP contribution is 2.15. The largest absolute Gasteiger partial charge is 0.354 e. The molecule has 0 aromatic carbocycles. The van der Waals surface area contributed by atoms with E-state index in [1.54, 1.807) is 0 Å². The molecule has 1 unspecified atom stereocenters. The number of rotatable bonds is 6. The highest BCUT2D eigenvalue weighted by molar-refractivity contribution is 14.0. The summed E-state index contributed by atoms with van der Waals surface area (Å²) in [6.45, 7) is 11.5. The standard InChI is InChI=1S/C16H30N6.HI/c1-4-8-17-16(21-10-6-7-14(3)12-21)18-9-11-22-13-19-20-15(22)5-2;/h13-14H,4-12H2,1-3H3,(H,17,18);1H. The van der Waals surface area contributed by atoms with Crippen LogP contribution in [0.5, 0.6) is 0 Å². The number of aliphatic imine (C=N–C) groups is 1. The van der Waals surface area contributed by atoms with Crippen LogP contribution in [0.3, 0.4) is 0 Å². The van der Waals surface area contributed by atoms with Crippen molar-refractivity contribution in [2.45, 2.75) is 53.0 Å². The van der Waals surface area contributed by atoms with Crippen LogP contribution in [0.1, 0.15) is 45.9 Å². The molecule has 7 heteroatoms. The van der Waals surface area contributed by atoms with Crippen LogP contribution in [0.15, 0.2) is 11.3 Å². The second-order valence-corrected chi connectivity index (χ2v) is 6.12. The Morgan fingerprint density at radius 2 is 2.26 bits per heavy atom. The molecule has 1 saturated heterocycles. The van der Waals surface area contributed by atoms with E-state index in [1.807, 2.05) is 6.33 Å². The molecule has 0 radical (unpaired) electrons. The highest BCUT2D eigenvalue weighted by Gasteiger charge is 2.19. The van der Waals surface area contributed by atoms with Gasteiger partial charge >= 0.3 is 0 Å². The van der Waals surface area contributed by atoms with Gasteiger partial charge in [0.1, 0.15) is 12.2 Å². The zero-order valence-electron chi connectivity index (χ0n) is 14.7. The molecule has 23 heavy (non-hydrogen) atoms. The van der Waals surface area contributed by atoms with E-state index in [2.05, 4.69) is 45.8 Å². The smallest absolute Gasteiger partial charge is 0.193 e. The SMILES string of the molecule is CCCN=C(NCCn1cnnc1CC)N1CCCC(C)C1.I. The number of hydrogen-bond donors (Lipinski definition) is 1. The maximum atomic E-state index is 4.75. The van der Waals surface area contributed by atoms with Crippen molar-refractivity contribution in [1.29, 1.82) is 0 Å². The molecule has 6 nitrogen and oxygen atoms in total. The zero-order chi connectivity index (χ0) is 15.8. The molecule has 132 valence electrons. The molecule has 2 heterocycles. The van der Waals surface area contributed by atoms with Gasteiger partial charge in [0.25, 0.3) is 0 Å². The Balaban J connectivity index is 0.00000264. The number of aryl methyl sites for hydroxylation is 1. The van der Waals surface area contributed by atoms with E-state index in [0.717, 1.165) is 63.3 Å². The summed E-state index contributed by atoms with van der Waals surface area (Å²) < 4.78 is 2.11. The predicted octanol–water partition coefficient (Wildman–Crippen LogP) is 2.55. The number of guanidine groups is 1. The summed E-state index contributed by atoms with van der Waals surface area (Å²) >= 11 is 0. The monoisotopic (exact) mass is 434 g/mol. The molecule has 1 aromatic heterocycles. The number of likely N-dealkylation sites (tertiary alicyclic amines) is 1. The van der Waals surface area contributed by atoms with Crippen molar-refractivity contribution in [3.05, 3.63) is 12.2 Å². The topological polar surface area (TPSA) is 58.3 Å². The van der Waals surface area contributed by atoms with Gasteiger partial charge in [0.2, 0.25) is 0 Å². The minimum atomic E-state index is 0. The average molecular weight is 434 g/mol. The van der Waals surface area contributed by atoms with Crippen molar-refractivity contribution in [3.63, 3.8) is 0 Å². The van der Waals surface area contributed by atoms with Crippen molar-refractivity contribution in [2.75, 3.05) is 26.2 Å². The molecule has 1 aromatic rings. The van der Waals surface area contributed by atoms with Crippen molar-refractivity contribution in [3.8, 4) is 0 Å². The Labute approximate surface area is 157 Å². The minimum absolute atomic E-state index is 0. The van der Waals surface area contributed by atoms with Gasteiger partial charge < -0.3 is 14.8 Å². The quantitative estimate of drug-likeness (QED) is 0.425. The Hall–Kier alpha value is -0.860. The van der Waals surface area contributed by atoms with Gasteiger partial charge in [0.05, 0.1) is 0 Å². The van der Waals surface area contributed by atoms with E-state index in [0.29, 0.717) is 0 Å². The van der Waals surface area contributed by atoms with Crippen LogP contribution >= 0.6 is 24.0 Å². The van der Waals surface area contributed by atoms with Crippen LogP contribution in [0, 0.1) is 5.92 Å². The van der Waals surface area contributed by atoms with Crippen molar-refractivity contribution in [1.82, 2.24) is 25.0 Å². The van der Waals surface area contributed by atoms with E-state index in [9.17, 15) is 0 Å². The lowest BCUT2D eigenvalue weighted by Gasteiger charge is -2.33. The third-order valence-corrected chi connectivity index (χ3v) is 4.09. The first kappa shape index (κ1) is 20.2. The van der Waals surface area contributed by atoms with Crippen molar-refractivity contribution < 1.29 is 0 Å². The van der Waals surface area contributed by atoms with Crippen LogP contribution in [-0.4, -0.2) is 51.8 Å². The van der Waals surface area contributed by atoms with E-state index in [-0.39, 0.29) is 24.0 Å². The second kappa shape index (κ2) is 10.8. The number of nitrogens with zero attached hydrogens (tertiary/aromatic N) is 5. The lowest BCUT2D eigenvalue weighted by molar-refractivity contribution is 0.265. The summed E-state index contributed by atoms with van der Waals surface area (Å²) in [6, 6.07) is 0. The summed E-state index contributed by atoms with van der Waals surface area (Å²) in [6.07, 6.45) is 6.41. The molecule has 1 fully saturated rings. The third kappa shape index (κ3) is 6.27. The maximum absolute atomic E-state index is 4.75. The molecule has 0 bridgehead atoms. The highest BCUT2D eigenvalue weighted by atomic mass is 127. The fourth-order valence-electron chi connectivity index (χ4n) is 2.89. The van der Waals surface area contributed by atoms with Crippen LogP contribution in [0.25, 0.3) is 0 Å². The van der Waals surface area contributed by atoms with Gasteiger partial charge in [-0.2, -0.15) is 0 Å². The molecule has 1 aliphatic rings. The molecule has 0 saturated carbocycles. The maximum Gasteiger partial charge on any atom is 0.193 e. The summed E-state index contributed by atoms with van der Waals surface area (Å²) in [4.78, 5) is 7.17. The van der Waals surface area contributed by atoms with Gasteiger partial charge in [-0.05, 0) is 25.2 Å². The lowest BCUT2D eigenvalue weighted by Crippen LogP contribution is -2.47. The van der Waals surface area contributed by atoms with Gasteiger partial charge in [-0.1, -0.05) is 20.8 Å². The lowest BCUT2D eigenvalue weighted by atomic mass is 10.0. The fourth-order valence-corrected chi connectivity index (χ4v) is 2.89. The zero-order valence-corrected chi connectivity index (χ0v) is 17.0. The molecule has 0 amide bonds. The Morgan fingerprint density at radius 1 is 1.43 bits per heavy atom. The molecule has 1 aliphatic heterocycles. The van der Waals surface area contributed by atoms with E-state index < -0.39 is 0 Å². The van der Waals surface area contributed by atoms with Gasteiger partial charge in [0, 0.05) is 39.1 Å². The number of aromatic nitrogens is 3. The van der Waals surface area contributed by atoms with Crippen molar-refractivity contribution >= 4 is 29.9 Å². The minimum Gasteiger partial charge on any atom is -0.354 e. The van der Waals surface area contributed by atoms with E-state index >= 15 is 0 Å². The summed E-state index contributed by atoms with van der Waals surface area (Å²) in [5, 5.41) is 11.6. The summed E-state index contributed by atoms with van der Waals surface area (Å²) in [7, 11) is 0. The molecule has 2 rings (SSSR count). The van der Waals surface area contributed by atoms with Gasteiger partial charge in [0.15, 0.2) is 5.96 Å². The molecule has 0 spiro atoms. The molecule has 1 N–H and O–H groups in total. The summed E-state index contributed by atoms with van der Waals surface area (Å²) in [5.41, 5.74) is 0. The molecular weight excluding hydrogens is 403 g/mol. The number of hydrogen-bond acceptors (Lipinski definition) is 3. The van der Waals surface area contributed by atoms with Crippen LogP contribution in [0.4, 0.5) is 0 Å². The van der Waals surface area contributed by atoms with Gasteiger partial charge in [-0.25, -0.2) is 0 Å². The van der Waals surface area contributed by atoms with E-state index in [4.69, 9.17) is 4.99 Å². The first-order valence-electron chi connectivity index (χ1n) is 8.64. The van der Waals surface area contributed by atoms with Gasteiger partial charge in [-0.15, -0.1) is 34.2 Å². The number of halogens is 1. The third-order valence-electron chi connectivity index (χ3n) is 4.09. The summed E-state index contributed by atoms with van der Waals surface area (Å²) in [5.74, 6) is 2.87. The van der Waals surface area contributed by atoms with Crippen LogP contribution in [0.2, 0.25) is 0 Å². The molecular formula is C16H31IN6. The van der Waals surface area contributed by atoms with Gasteiger partial charge in [-0.3, -0.25) is 4.99 Å². The van der Waals surface area contributed by atoms with Crippen LogP contribution in [-0.2, 0) is 13.0 Å². The first-order chi connectivity index (χ1) is 10.7. The first-order valence-corrected chi connectivity index (χ1v) is 8.64. The Bertz CT molecular complexity index is 473. The average Bonchev–Trinajstić information content (AvgIpc) is 2.98. The fraction of sp³-hybridized carbons (Fsp3) is 0.812. The number of piperidine rings is 1. The Morgan fingerprint density at radius 3 is 2.96 bits per heavy atom. The number of nitrogens with one attached hydrogen (secondary N) is 1. The molecule has 0 aliphatic carbocycles. The van der Waals surface area contributed by atoms with E-state index in [1.165, 1.54) is 12.8 Å². The molecule has 1 atom stereocenters. The predicted molar refractivity (Wildman–Crippen MR) is 105 cm³/mol.